The zero-order valence-electron chi connectivity index (χ0n) is 7.02. The Labute approximate surface area is 66.5 Å². The van der Waals surface area contributed by atoms with Crippen molar-refractivity contribution in [2.24, 2.45) is 5.92 Å². The maximum absolute atomic E-state index is 7.00. The molecule has 0 rings (SSSR count). The van der Waals surface area contributed by atoms with Crippen LogP contribution in [0.3, 0.4) is 0 Å². The van der Waals surface area contributed by atoms with Gasteiger partial charge in [-0.05, 0) is 5.92 Å². The molecule has 0 radical (unpaired) electrons. The van der Waals surface area contributed by atoms with Crippen LogP contribution in [-0.4, -0.2) is 12.2 Å². The van der Waals surface area contributed by atoms with E-state index in [9.17, 15) is 0 Å². The number of rotatable bonds is 0. The molecule has 0 unspecified atom stereocenters. The van der Waals surface area contributed by atoms with Crippen molar-refractivity contribution in [3.63, 3.8) is 0 Å². The second-order valence-electron chi connectivity index (χ2n) is 1.73. The van der Waals surface area contributed by atoms with Crippen LogP contribution in [0.2, 0.25) is 0 Å². The van der Waals surface area contributed by atoms with Crippen LogP contribution in [0.5, 0.6) is 0 Å². The van der Waals surface area contributed by atoms with E-state index in [0.717, 1.165) is 13.0 Å². The third-order valence-electron chi connectivity index (χ3n) is 0. The maximum Gasteiger partial charge on any atom is 0.0319 e. The van der Waals surface area contributed by atoms with E-state index >= 15 is 0 Å². The summed E-state index contributed by atoms with van der Waals surface area (Å²) >= 11 is 0. The molecule has 9 heavy (non-hydrogen) atoms. The van der Waals surface area contributed by atoms with Crippen LogP contribution in [0.15, 0.2) is 0 Å². The lowest BCUT2D eigenvalue weighted by Crippen LogP contribution is -1.66. The van der Waals surface area contributed by atoms with Crippen LogP contribution >= 0.6 is 0 Å². The molecule has 1 nitrogen and oxygen atoms in total. The van der Waals surface area contributed by atoms with Gasteiger partial charge in [0.1, 0.15) is 0 Å². The highest BCUT2D eigenvalue weighted by molar-refractivity contribution is 4.20. The molecule has 0 aromatic heterocycles. The smallest absolute Gasteiger partial charge is 0.0319 e. The van der Waals surface area contributed by atoms with Gasteiger partial charge in [-0.25, -0.2) is 0 Å². The zero-order valence-corrected chi connectivity index (χ0v) is 6.02. The van der Waals surface area contributed by atoms with Crippen LogP contribution in [0.1, 0.15) is 47.3 Å². The highest BCUT2D eigenvalue weighted by Crippen LogP contribution is 1.81. The van der Waals surface area contributed by atoms with Gasteiger partial charge in [-0.2, -0.15) is 0 Å². The molecule has 0 aliphatic carbocycles. The molecular formula is C8H30O. The van der Waals surface area contributed by atoms with Crippen molar-refractivity contribution in [3.05, 3.63) is 0 Å². The van der Waals surface area contributed by atoms with Gasteiger partial charge in [0.05, 0.1) is 0 Å². The van der Waals surface area contributed by atoms with E-state index in [1.165, 1.54) is 7.40 Å². The van der Waals surface area contributed by atoms with Crippen molar-refractivity contribution in [2.45, 2.75) is 43.0 Å². The average Bonchev–Trinajstić information content (AvgIpc) is 1.75. The molecule has 0 aromatic carbocycles. The van der Waals surface area contributed by atoms with E-state index in [1.807, 2.05) is 0 Å². The Bertz CT molecular complexity index is 19.0. The lowest BCUT2D eigenvalue weighted by Gasteiger charge is -1.79. The summed E-state index contributed by atoms with van der Waals surface area (Å²) in [5.41, 5.74) is 0. The summed E-state index contributed by atoms with van der Waals surface area (Å²) in [4.78, 5) is 0. The van der Waals surface area contributed by atoms with Crippen molar-refractivity contribution in [3.8, 4) is 0 Å². The van der Waals surface area contributed by atoms with E-state index < -0.39 is 0 Å². The first-order chi connectivity index (χ1) is 3.73. The first-order valence-corrected chi connectivity index (χ1v) is 2.18. The predicted molar refractivity (Wildman–Crippen MR) is 53.1 cm³/mol. The Balaban J connectivity index is -0.00000000575. The molecular weight excluding hydrogens is 112 g/mol. The third-order valence-corrected chi connectivity index (χ3v) is 0. The molecule has 1 N–H and O–H groups in total. The SMILES string of the molecule is C.C.CC(C)C.CO.[2HH].[2HH].[2H]C. The highest BCUT2D eigenvalue weighted by atomic mass is 16.2. The van der Waals surface area contributed by atoms with Gasteiger partial charge in [-0.3, -0.25) is 0 Å². The minimum absolute atomic E-state index is 0. The van der Waals surface area contributed by atoms with Gasteiger partial charge >= 0.3 is 0 Å². The van der Waals surface area contributed by atoms with Crippen LogP contribution in [0.25, 0.3) is 0 Å². The number of hydrogen-bond acceptors (Lipinski definition) is 1. The summed E-state index contributed by atoms with van der Waals surface area (Å²) in [6, 6.07) is 0. The summed E-state index contributed by atoms with van der Waals surface area (Å²) in [6.45, 7) is 6.50. The molecule has 0 spiro atoms. The highest BCUT2D eigenvalue weighted by Gasteiger charge is 1.68. The molecule has 0 aliphatic heterocycles. The molecule has 0 saturated heterocycles. The molecule has 0 aromatic rings. The van der Waals surface area contributed by atoms with Gasteiger partial charge in [-0.1, -0.05) is 43.0 Å². The number of aliphatic hydroxyl groups excluding tert-OH is 1. The van der Waals surface area contributed by atoms with Gasteiger partial charge in [0.15, 0.2) is 0 Å². The Hall–Kier alpha value is -0.0400. The first-order valence-electron chi connectivity index (χ1n) is 3.18. The quantitative estimate of drug-likeness (QED) is 0.551. The van der Waals surface area contributed by atoms with Crippen LogP contribution in [0.4, 0.5) is 0 Å². The molecule has 68 valence electrons. The molecule has 0 fully saturated rings. The van der Waals surface area contributed by atoms with Gasteiger partial charge in [0, 0.05) is 11.3 Å². The monoisotopic (exact) mass is 145 g/mol. The lowest BCUT2D eigenvalue weighted by atomic mass is 10.3. The predicted octanol–water partition coefficient (Wildman–Crippen LogP) is 3.67. The molecule has 0 saturated carbocycles. The van der Waals surface area contributed by atoms with E-state index in [0.29, 0.717) is 0 Å². The van der Waals surface area contributed by atoms with Crippen LogP contribution < -0.4 is 0 Å². The second kappa shape index (κ2) is 44.0. The van der Waals surface area contributed by atoms with Crippen molar-refractivity contribution >= 4 is 0 Å². The molecule has 0 bridgehead atoms. The summed E-state index contributed by atoms with van der Waals surface area (Å²) in [6.07, 6.45) is 0. The summed E-state index contributed by atoms with van der Waals surface area (Å²) in [5.74, 6) is 0.833. The Morgan fingerprint density at radius 3 is 1.11 bits per heavy atom. The third kappa shape index (κ3) is 177000. The van der Waals surface area contributed by atoms with Crippen LogP contribution in [-0.2, 0) is 0 Å². The van der Waals surface area contributed by atoms with E-state index in [1.54, 1.807) is 0 Å². The van der Waals surface area contributed by atoms with Gasteiger partial charge < -0.3 is 5.11 Å². The average molecular weight is 145 g/mol. The Morgan fingerprint density at radius 1 is 1.11 bits per heavy atom. The minimum atomic E-state index is 0. The maximum atomic E-state index is 7.00. The van der Waals surface area contributed by atoms with Gasteiger partial charge in [-0.15, -0.1) is 0 Å². The van der Waals surface area contributed by atoms with Crippen molar-refractivity contribution in [1.82, 2.24) is 0 Å². The molecule has 1 heteroatoms. The van der Waals surface area contributed by atoms with Crippen molar-refractivity contribution in [2.75, 3.05) is 7.11 Å². The van der Waals surface area contributed by atoms with Crippen molar-refractivity contribution in [1.29, 1.82) is 0 Å². The summed E-state index contributed by atoms with van der Waals surface area (Å²) in [7, 11) is 2.25. The Kier molecular flexibility index (Phi) is 113. The van der Waals surface area contributed by atoms with E-state index in [2.05, 4.69) is 20.8 Å². The van der Waals surface area contributed by atoms with Crippen LogP contribution in [0, 0.1) is 5.92 Å². The molecule has 0 amide bonds. The largest absolute Gasteiger partial charge is 0.400 e. The topological polar surface area (TPSA) is 20.2 Å². The summed E-state index contributed by atoms with van der Waals surface area (Å²) in [5, 5.41) is 7.00. The van der Waals surface area contributed by atoms with E-state index in [4.69, 9.17) is 6.48 Å². The lowest BCUT2D eigenvalue weighted by molar-refractivity contribution is 0.399. The second-order valence-corrected chi connectivity index (χ2v) is 1.73. The molecule has 0 aliphatic rings. The van der Waals surface area contributed by atoms with Gasteiger partial charge in [0.2, 0.25) is 0 Å². The van der Waals surface area contributed by atoms with Gasteiger partial charge in [0.25, 0.3) is 0 Å². The first kappa shape index (κ1) is 23.1. The van der Waals surface area contributed by atoms with Crippen molar-refractivity contribution < 1.29 is 9.33 Å². The zero-order chi connectivity index (χ0) is 7.58. The Morgan fingerprint density at radius 2 is 1.11 bits per heavy atom. The number of hydrogen-bond donors (Lipinski definition) is 1. The minimum Gasteiger partial charge on any atom is -0.400 e. The molecule has 0 heterocycles. The van der Waals surface area contributed by atoms with E-state index in [-0.39, 0.29) is 17.7 Å². The number of aliphatic hydroxyl groups is 1. The standard InChI is InChI=1S/C4H10.CH4O.3CH4.2H2/c1-4(2)3;1-2;;;;;/h4H,1-3H3;2H,1H3;3*1H4;2*1H/i;;1D;;;2*1+1. The molecule has 0 atom stereocenters. The fraction of sp³-hybridized carbons (Fsp3) is 1.00. The normalized spacial score (nSPS) is 5.44. The fourth-order valence-electron chi connectivity index (χ4n) is 0. The fourth-order valence-corrected chi connectivity index (χ4v) is 0. The summed E-state index contributed by atoms with van der Waals surface area (Å²) < 4.78 is 5.75.